The minimum atomic E-state index is -0.113. The Bertz CT molecular complexity index is 202. The van der Waals surface area contributed by atoms with Crippen molar-refractivity contribution in [3.8, 4) is 0 Å². The highest BCUT2D eigenvalue weighted by Gasteiger charge is 1.72. The van der Waals surface area contributed by atoms with Gasteiger partial charge in [0.1, 0.15) is 5.84 Å². The van der Waals surface area contributed by atoms with E-state index in [-0.39, 0.29) is 5.96 Å². The molecule has 7 nitrogen and oxygen atoms in total. The van der Waals surface area contributed by atoms with E-state index in [0.717, 1.165) is 0 Å². The highest BCUT2D eigenvalue weighted by Crippen LogP contribution is 1.69. The van der Waals surface area contributed by atoms with Crippen molar-refractivity contribution in [2.75, 3.05) is 0 Å². The first kappa shape index (κ1) is 10.1. The molecule has 12 heavy (non-hydrogen) atoms. The molecule has 0 rings (SSSR count). The van der Waals surface area contributed by atoms with E-state index in [1.54, 1.807) is 6.92 Å². The number of nitrogens with two attached hydrogens (primary N) is 3. The third-order valence-corrected chi connectivity index (χ3v) is 0.589. The minimum Gasteiger partial charge on any atom is -0.386 e. The summed E-state index contributed by atoms with van der Waals surface area (Å²) in [4.78, 5) is 0. The molecule has 0 amide bonds. The van der Waals surface area contributed by atoms with Crippen molar-refractivity contribution < 1.29 is 0 Å². The molecule has 0 aromatic rings. The average molecular weight is 169 g/mol. The van der Waals surface area contributed by atoms with Crippen molar-refractivity contribution in [1.29, 1.82) is 0 Å². The molecule has 0 fully saturated rings. The summed E-state index contributed by atoms with van der Waals surface area (Å²) >= 11 is 0. The Kier molecular flexibility index (Phi) is 4.90. The first-order valence-corrected chi connectivity index (χ1v) is 3.06. The van der Waals surface area contributed by atoms with Gasteiger partial charge >= 0.3 is 0 Å². The minimum absolute atomic E-state index is 0.113. The number of guanidine groups is 1. The summed E-state index contributed by atoms with van der Waals surface area (Å²) in [5.41, 5.74) is 15.1. The molecule has 0 aliphatic rings. The van der Waals surface area contributed by atoms with E-state index < -0.39 is 0 Å². The first-order valence-electron chi connectivity index (χ1n) is 3.06. The zero-order chi connectivity index (χ0) is 9.40. The molecule has 0 radical (unpaired) electrons. The van der Waals surface area contributed by atoms with E-state index in [2.05, 4.69) is 20.4 Å². The maximum absolute atomic E-state index is 5.18. The van der Waals surface area contributed by atoms with Gasteiger partial charge in [-0.15, -0.1) is 10.2 Å². The standard InChI is InChI=1S/C5H11N7/c1-4(6)11-9-2-3-10-12-5(7)8/h2-3H,1H3,(H2,6,11)(H4,7,8,12)/b9-2+,10-3+. The summed E-state index contributed by atoms with van der Waals surface area (Å²) in [6, 6.07) is 0. The first-order chi connectivity index (χ1) is 5.63. The van der Waals surface area contributed by atoms with Gasteiger partial charge in [0.25, 0.3) is 0 Å². The molecule has 0 aromatic carbocycles. The average Bonchev–Trinajstić information content (AvgIpc) is 1.95. The molecular weight excluding hydrogens is 158 g/mol. The molecule has 66 valence electrons. The molecule has 0 unspecified atom stereocenters. The Morgan fingerprint density at radius 3 is 1.92 bits per heavy atom. The number of rotatable bonds is 3. The zero-order valence-electron chi connectivity index (χ0n) is 6.68. The Labute approximate surface area is 69.7 Å². The Morgan fingerprint density at radius 2 is 1.50 bits per heavy atom. The predicted octanol–water partition coefficient (Wildman–Crippen LogP) is -1.39. The quantitative estimate of drug-likeness (QED) is 0.273. The largest absolute Gasteiger partial charge is 0.386 e. The van der Waals surface area contributed by atoms with Gasteiger partial charge in [0.05, 0.1) is 12.4 Å². The van der Waals surface area contributed by atoms with E-state index >= 15 is 0 Å². The van der Waals surface area contributed by atoms with Crippen molar-refractivity contribution in [3.05, 3.63) is 0 Å². The van der Waals surface area contributed by atoms with Gasteiger partial charge in [-0.1, -0.05) is 0 Å². The Hall–Kier alpha value is -1.92. The van der Waals surface area contributed by atoms with Crippen LogP contribution in [0, 0.1) is 0 Å². The van der Waals surface area contributed by atoms with Gasteiger partial charge in [0.15, 0.2) is 0 Å². The maximum atomic E-state index is 5.18. The van der Waals surface area contributed by atoms with E-state index in [0.29, 0.717) is 5.84 Å². The molecule has 0 heterocycles. The van der Waals surface area contributed by atoms with Gasteiger partial charge < -0.3 is 17.2 Å². The molecule has 7 heteroatoms. The van der Waals surface area contributed by atoms with Gasteiger partial charge in [-0.25, -0.2) is 0 Å². The molecule has 0 aliphatic heterocycles. The van der Waals surface area contributed by atoms with E-state index in [9.17, 15) is 0 Å². The number of amidine groups is 1. The SMILES string of the molecule is CC(N)=N/N=C/C=N/N=C(N)N. The van der Waals surface area contributed by atoms with Crippen LogP contribution in [-0.4, -0.2) is 24.2 Å². The van der Waals surface area contributed by atoms with Gasteiger partial charge in [-0.3, -0.25) is 0 Å². The molecule has 0 aliphatic carbocycles. The van der Waals surface area contributed by atoms with Crippen molar-refractivity contribution in [1.82, 2.24) is 0 Å². The number of nitrogens with zero attached hydrogens (tertiary/aromatic N) is 4. The topological polar surface area (TPSA) is 127 Å². The van der Waals surface area contributed by atoms with E-state index in [4.69, 9.17) is 17.2 Å². The maximum Gasteiger partial charge on any atom is 0.211 e. The van der Waals surface area contributed by atoms with Gasteiger partial charge in [-0.2, -0.15) is 10.2 Å². The number of hydrogen-bond acceptors (Lipinski definition) is 4. The molecule has 0 saturated heterocycles. The van der Waals surface area contributed by atoms with Crippen molar-refractivity contribution in [2.24, 2.45) is 37.6 Å². The summed E-state index contributed by atoms with van der Waals surface area (Å²) in [7, 11) is 0. The second-order valence-corrected chi connectivity index (χ2v) is 1.80. The highest BCUT2D eigenvalue weighted by atomic mass is 15.3. The van der Waals surface area contributed by atoms with E-state index in [1.165, 1.54) is 12.4 Å². The third kappa shape index (κ3) is 8.08. The second kappa shape index (κ2) is 5.83. The van der Waals surface area contributed by atoms with Crippen molar-refractivity contribution in [3.63, 3.8) is 0 Å². The summed E-state index contributed by atoms with van der Waals surface area (Å²) in [6.07, 6.45) is 2.59. The van der Waals surface area contributed by atoms with Crippen LogP contribution in [0.1, 0.15) is 6.92 Å². The van der Waals surface area contributed by atoms with Crippen LogP contribution in [0.4, 0.5) is 0 Å². The lowest BCUT2D eigenvalue weighted by Gasteiger charge is -1.81. The summed E-state index contributed by atoms with van der Waals surface area (Å²) < 4.78 is 0. The fourth-order valence-corrected chi connectivity index (χ4v) is 0.284. The normalized spacial score (nSPS) is 12.6. The lowest BCUT2D eigenvalue weighted by Crippen LogP contribution is -2.21. The molecule has 0 spiro atoms. The fraction of sp³-hybridized carbons (Fsp3) is 0.200. The monoisotopic (exact) mass is 169 g/mol. The predicted molar refractivity (Wildman–Crippen MR) is 50.1 cm³/mol. The van der Waals surface area contributed by atoms with Crippen LogP contribution < -0.4 is 17.2 Å². The van der Waals surface area contributed by atoms with Crippen LogP contribution >= 0.6 is 0 Å². The van der Waals surface area contributed by atoms with Gasteiger partial charge in [0.2, 0.25) is 5.96 Å². The smallest absolute Gasteiger partial charge is 0.211 e. The molecule has 0 bridgehead atoms. The Morgan fingerprint density at radius 1 is 1.00 bits per heavy atom. The molecular formula is C5H11N7. The van der Waals surface area contributed by atoms with Gasteiger partial charge in [0, 0.05) is 0 Å². The summed E-state index contributed by atoms with van der Waals surface area (Å²) in [5.74, 6) is 0.250. The molecule has 0 saturated carbocycles. The highest BCUT2D eigenvalue weighted by molar-refractivity contribution is 6.16. The molecule has 0 atom stereocenters. The van der Waals surface area contributed by atoms with Gasteiger partial charge in [-0.05, 0) is 6.92 Å². The lowest BCUT2D eigenvalue weighted by atomic mass is 10.7. The van der Waals surface area contributed by atoms with Crippen LogP contribution in [0.25, 0.3) is 0 Å². The van der Waals surface area contributed by atoms with Crippen LogP contribution in [0.2, 0.25) is 0 Å². The third-order valence-electron chi connectivity index (χ3n) is 0.589. The fourth-order valence-electron chi connectivity index (χ4n) is 0.284. The number of hydrogen-bond donors (Lipinski definition) is 3. The zero-order valence-corrected chi connectivity index (χ0v) is 6.68. The Balaban J connectivity index is 3.83. The lowest BCUT2D eigenvalue weighted by molar-refractivity contribution is 1.21. The van der Waals surface area contributed by atoms with Crippen molar-refractivity contribution in [2.45, 2.75) is 6.92 Å². The van der Waals surface area contributed by atoms with Crippen LogP contribution in [-0.2, 0) is 0 Å². The van der Waals surface area contributed by atoms with Crippen LogP contribution in [0.3, 0.4) is 0 Å². The van der Waals surface area contributed by atoms with E-state index in [1.807, 2.05) is 0 Å². The molecule has 0 aromatic heterocycles. The molecule has 6 N–H and O–H groups in total. The summed E-state index contributed by atoms with van der Waals surface area (Å²) in [5, 5.41) is 13.7. The van der Waals surface area contributed by atoms with Crippen molar-refractivity contribution >= 4 is 24.2 Å². The van der Waals surface area contributed by atoms with Crippen LogP contribution in [0.15, 0.2) is 20.4 Å². The second-order valence-electron chi connectivity index (χ2n) is 1.80. The van der Waals surface area contributed by atoms with Crippen LogP contribution in [0.5, 0.6) is 0 Å². The summed E-state index contributed by atoms with van der Waals surface area (Å²) in [6.45, 7) is 1.62.